The lowest BCUT2D eigenvalue weighted by molar-refractivity contribution is -0.000917. The second-order valence-electron chi connectivity index (χ2n) is 2.72. The average molecular weight is 177 g/mol. The van der Waals surface area contributed by atoms with Gasteiger partial charge in [-0.2, -0.15) is 0 Å². The van der Waals surface area contributed by atoms with Gasteiger partial charge in [0.15, 0.2) is 6.29 Å². The molecular formula is C10H11NO2. The molecule has 1 fully saturated rings. The smallest absolute Gasteiger partial charge is 0.177 e. The number of hydrogen-bond acceptors (Lipinski definition) is 3. The number of rotatable bonds is 2. The van der Waals surface area contributed by atoms with Gasteiger partial charge in [0.1, 0.15) is 0 Å². The van der Waals surface area contributed by atoms with Gasteiger partial charge in [-0.05, 0) is 24.3 Å². The third-order valence-corrected chi connectivity index (χ3v) is 1.76. The zero-order valence-electron chi connectivity index (χ0n) is 7.22. The van der Waals surface area contributed by atoms with Crippen molar-refractivity contribution in [2.24, 2.45) is 0 Å². The molecule has 0 saturated carbocycles. The number of nitrogens with zero attached hydrogens (tertiary/aromatic N) is 1. The van der Waals surface area contributed by atoms with E-state index in [0.717, 1.165) is 5.69 Å². The number of hydrogen-bond donors (Lipinski definition) is 0. The highest BCUT2D eigenvalue weighted by Crippen LogP contribution is 2.06. The molecule has 1 aromatic rings. The third kappa shape index (κ3) is 2.37. The molecule has 13 heavy (non-hydrogen) atoms. The molecule has 0 radical (unpaired) electrons. The molecule has 0 unspecified atom stereocenters. The zero-order valence-corrected chi connectivity index (χ0v) is 7.22. The van der Waals surface area contributed by atoms with E-state index in [1.165, 1.54) is 0 Å². The molecule has 2 heterocycles. The predicted octanol–water partition coefficient (Wildman–Crippen LogP) is 1.47. The Morgan fingerprint density at radius 3 is 2.85 bits per heavy atom. The highest BCUT2D eigenvalue weighted by Gasteiger charge is 2.11. The topological polar surface area (TPSA) is 31.4 Å². The summed E-state index contributed by atoms with van der Waals surface area (Å²) in [5.41, 5.74) is 0.918. The van der Waals surface area contributed by atoms with Crippen LogP contribution >= 0.6 is 0 Å². The van der Waals surface area contributed by atoms with Crippen molar-refractivity contribution in [1.29, 1.82) is 0 Å². The third-order valence-electron chi connectivity index (χ3n) is 1.76. The SMILES string of the molecule is C(=C\C1OCCO1)/c1ccccn1. The molecule has 1 aromatic heterocycles. The van der Waals surface area contributed by atoms with E-state index in [9.17, 15) is 0 Å². The Labute approximate surface area is 77.0 Å². The molecule has 68 valence electrons. The summed E-state index contributed by atoms with van der Waals surface area (Å²) in [7, 11) is 0. The molecule has 2 rings (SSSR count). The van der Waals surface area contributed by atoms with Crippen LogP contribution in [-0.2, 0) is 9.47 Å². The molecule has 1 aliphatic rings. The summed E-state index contributed by atoms with van der Waals surface area (Å²) in [5.74, 6) is 0. The first-order valence-electron chi connectivity index (χ1n) is 4.27. The first-order chi connectivity index (χ1) is 6.45. The van der Waals surface area contributed by atoms with Crippen molar-refractivity contribution >= 4 is 6.08 Å². The van der Waals surface area contributed by atoms with Gasteiger partial charge >= 0.3 is 0 Å². The summed E-state index contributed by atoms with van der Waals surface area (Å²) in [5, 5.41) is 0. The molecule has 0 bridgehead atoms. The summed E-state index contributed by atoms with van der Waals surface area (Å²) in [4.78, 5) is 4.14. The Morgan fingerprint density at radius 1 is 1.31 bits per heavy atom. The Balaban J connectivity index is 1.97. The molecular weight excluding hydrogens is 166 g/mol. The molecule has 1 aliphatic heterocycles. The second kappa shape index (κ2) is 4.16. The largest absolute Gasteiger partial charge is 0.347 e. The fourth-order valence-electron chi connectivity index (χ4n) is 1.14. The van der Waals surface area contributed by atoms with E-state index in [1.807, 2.05) is 30.4 Å². The van der Waals surface area contributed by atoms with Crippen LogP contribution in [0.5, 0.6) is 0 Å². The van der Waals surface area contributed by atoms with Crippen LogP contribution in [0, 0.1) is 0 Å². The maximum Gasteiger partial charge on any atom is 0.177 e. The molecule has 3 heteroatoms. The molecule has 0 aromatic carbocycles. The van der Waals surface area contributed by atoms with Crippen molar-refractivity contribution in [3.8, 4) is 0 Å². The number of aromatic nitrogens is 1. The van der Waals surface area contributed by atoms with E-state index in [-0.39, 0.29) is 6.29 Å². The van der Waals surface area contributed by atoms with Crippen LogP contribution in [-0.4, -0.2) is 24.5 Å². The Kier molecular flexibility index (Phi) is 2.69. The maximum atomic E-state index is 5.24. The molecule has 0 aliphatic carbocycles. The van der Waals surface area contributed by atoms with Crippen LogP contribution in [0.2, 0.25) is 0 Å². The summed E-state index contributed by atoms with van der Waals surface area (Å²) in [6.07, 6.45) is 5.34. The van der Waals surface area contributed by atoms with Gasteiger partial charge in [-0.3, -0.25) is 4.98 Å². The molecule has 0 amide bonds. The fourth-order valence-corrected chi connectivity index (χ4v) is 1.14. The minimum absolute atomic E-state index is 0.193. The Morgan fingerprint density at radius 2 is 2.15 bits per heavy atom. The monoisotopic (exact) mass is 177 g/mol. The average Bonchev–Trinajstić information content (AvgIpc) is 2.69. The Bertz CT molecular complexity index is 278. The maximum absolute atomic E-state index is 5.24. The highest BCUT2D eigenvalue weighted by molar-refractivity contribution is 5.44. The normalized spacial score (nSPS) is 18.5. The van der Waals surface area contributed by atoms with Gasteiger partial charge in [-0.15, -0.1) is 0 Å². The van der Waals surface area contributed by atoms with Crippen LogP contribution in [0.15, 0.2) is 30.5 Å². The van der Waals surface area contributed by atoms with Gasteiger partial charge in [-0.25, -0.2) is 0 Å². The Hall–Kier alpha value is -1.19. The quantitative estimate of drug-likeness (QED) is 0.685. The zero-order chi connectivity index (χ0) is 8.93. The first kappa shape index (κ1) is 8.41. The van der Waals surface area contributed by atoms with Gasteiger partial charge in [0.2, 0.25) is 0 Å². The summed E-state index contributed by atoms with van der Waals surface area (Å²) < 4.78 is 10.5. The van der Waals surface area contributed by atoms with Gasteiger partial charge in [0.05, 0.1) is 18.9 Å². The van der Waals surface area contributed by atoms with Crippen molar-refractivity contribution in [2.75, 3.05) is 13.2 Å². The van der Waals surface area contributed by atoms with Gasteiger partial charge in [0.25, 0.3) is 0 Å². The van der Waals surface area contributed by atoms with E-state index >= 15 is 0 Å². The predicted molar refractivity (Wildman–Crippen MR) is 49.0 cm³/mol. The molecule has 0 N–H and O–H groups in total. The lowest BCUT2D eigenvalue weighted by Crippen LogP contribution is -2.01. The van der Waals surface area contributed by atoms with Crippen molar-refractivity contribution < 1.29 is 9.47 Å². The standard InChI is InChI=1S/C10H11NO2/c1-2-6-11-9(3-1)4-5-10-12-7-8-13-10/h1-6,10H,7-8H2/b5-4+. The molecule has 1 saturated heterocycles. The summed E-state index contributed by atoms with van der Waals surface area (Å²) in [6.45, 7) is 1.36. The highest BCUT2D eigenvalue weighted by atomic mass is 16.7. The van der Waals surface area contributed by atoms with Crippen LogP contribution in [0.4, 0.5) is 0 Å². The van der Waals surface area contributed by atoms with Gasteiger partial charge < -0.3 is 9.47 Å². The number of ether oxygens (including phenoxy) is 2. The molecule has 3 nitrogen and oxygen atoms in total. The number of pyridine rings is 1. The van der Waals surface area contributed by atoms with Crippen LogP contribution < -0.4 is 0 Å². The minimum Gasteiger partial charge on any atom is -0.347 e. The van der Waals surface area contributed by atoms with Crippen molar-refractivity contribution in [2.45, 2.75) is 6.29 Å². The van der Waals surface area contributed by atoms with Gasteiger partial charge in [0, 0.05) is 6.20 Å². The van der Waals surface area contributed by atoms with Crippen molar-refractivity contribution in [3.05, 3.63) is 36.2 Å². The molecule has 0 atom stereocenters. The van der Waals surface area contributed by atoms with E-state index in [4.69, 9.17) is 9.47 Å². The van der Waals surface area contributed by atoms with E-state index < -0.39 is 0 Å². The van der Waals surface area contributed by atoms with Crippen LogP contribution in [0.1, 0.15) is 5.69 Å². The van der Waals surface area contributed by atoms with E-state index in [1.54, 1.807) is 6.20 Å². The summed E-state index contributed by atoms with van der Waals surface area (Å²) >= 11 is 0. The lowest BCUT2D eigenvalue weighted by atomic mass is 10.3. The summed E-state index contributed by atoms with van der Waals surface area (Å²) in [6, 6.07) is 5.77. The van der Waals surface area contributed by atoms with Crippen LogP contribution in [0.25, 0.3) is 6.08 Å². The molecule has 0 spiro atoms. The van der Waals surface area contributed by atoms with Crippen molar-refractivity contribution in [3.63, 3.8) is 0 Å². The van der Waals surface area contributed by atoms with Gasteiger partial charge in [-0.1, -0.05) is 6.07 Å². The second-order valence-corrected chi connectivity index (χ2v) is 2.72. The first-order valence-corrected chi connectivity index (χ1v) is 4.27. The van der Waals surface area contributed by atoms with Crippen LogP contribution in [0.3, 0.4) is 0 Å². The minimum atomic E-state index is -0.193. The van der Waals surface area contributed by atoms with Crippen molar-refractivity contribution in [1.82, 2.24) is 4.98 Å². The van der Waals surface area contributed by atoms with E-state index in [2.05, 4.69) is 4.98 Å². The fraction of sp³-hybridized carbons (Fsp3) is 0.300. The lowest BCUT2D eigenvalue weighted by Gasteiger charge is -2.00. The van der Waals surface area contributed by atoms with E-state index in [0.29, 0.717) is 13.2 Å².